The van der Waals surface area contributed by atoms with Crippen LogP contribution in [-0.2, 0) is 4.79 Å². The Morgan fingerprint density at radius 1 is 1.10 bits per heavy atom. The predicted molar refractivity (Wildman–Crippen MR) is 84.0 cm³/mol. The first-order chi connectivity index (χ1) is 10.2. The Morgan fingerprint density at radius 3 is 2.24 bits per heavy atom. The molecule has 0 aromatic heterocycles. The quantitative estimate of drug-likeness (QED) is 0.855. The molecule has 0 heterocycles. The topological polar surface area (TPSA) is 52.6 Å². The first-order valence-electron chi connectivity index (χ1n) is 6.94. The fourth-order valence-electron chi connectivity index (χ4n) is 2.26. The number of benzene rings is 2. The van der Waals surface area contributed by atoms with E-state index in [-0.39, 0.29) is 12.5 Å². The molecular weight excluding hydrogens is 264 g/mol. The van der Waals surface area contributed by atoms with Crippen molar-refractivity contribution in [3.05, 3.63) is 66.2 Å². The number of rotatable bonds is 6. The molecule has 1 unspecified atom stereocenters. The van der Waals surface area contributed by atoms with Gasteiger partial charge in [-0.25, -0.2) is 0 Å². The number of nitrogens with zero attached hydrogens (tertiary/aromatic N) is 1. The number of nitrogens with one attached hydrogen (secondary N) is 1. The van der Waals surface area contributed by atoms with Gasteiger partial charge in [0, 0.05) is 12.2 Å². The number of carbonyl (C=O) groups excluding carboxylic acids is 1. The van der Waals surface area contributed by atoms with E-state index in [4.69, 9.17) is 5.11 Å². The lowest BCUT2D eigenvalue weighted by atomic mass is 10.0. The molecule has 0 saturated heterocycles. The van der Waals surface area contributed by atoms with Gasteiger partial charge in [-0.1, -0.05) is 48.5 Å². The van der Waals surface area contributed by atoms with Crippen LogP contribution in [0.4, 0.5) is 5.69 Å². The largest absolute Gasteiger partial charge is 0.395 e. The summed E-state index contributed by atoms with van der Waals surface area (Å²) in [5.74, 6) is -0.108. The molecule has 0 aliphatic rings. The minimum absolute atomic E-state index is 0.0124. The van der Waals surface area contributed by atoms with Crippen LogP contribution >= 0.6 is 0 Å². The standard InChI is InChI=1S/C17H20N2O2/c1-19(12-13-20)16(14-8-4-2-5-9-14)17(21)18-15-10-6-3-7-11-15/h2-11,16,20H,12-13H2,1H3,(H,18,21). The number of amides is 1. The van der Waals surface area contributed by atoms with Crippen LogP contribution < -0.4 is 5.32 Å². The minimum atomic E-state index is -0.432. The van der Waals surface area contributed by atoms with Gasteiger partial charge < -0.3 is 10.4 Å². The Morgan fingerprint density at radius 2 is 1.67 bits per heavy atom. The van der Waals surface area contributed by atoms with E-state index >= 15 is 0 Å². The molecule has 4 nitrogen and oxygen atoms in total. The summed E-state index contributed by atoms with van der Waals surface area (Å²) >= 11 is 0. The SMILES string of the molecule is CN(CCO)C(C(=O)Nc1ccccc1)c1ccccc1. The Hall–Kier alpha value is -2.17. The van der Waals surface area contributed by atoms with Gasteiger partial charge in [-0.15, -0.1) is 0 Å². The van der Waals surface area contributed by atoms with Gasteiger partial charge in [0.1, 0.15) is 6.04 Å². The van der Waals surface area contributed by atoms with Gasteiger partial charge >= 0.3 is 0 Å². The third-order valence-corrected chi connectivity index (χ3v) is 3.30. The first kappa shape index (κ1) is 15.2. The maximum absolute atomic E-state index is 12.6. The van der Waals surface area contributed by atoms with Crippen LogP contribution in [0.1, 0.15) is 11.6 Å². The van der Waals surface area contributed by atoms with E-state index in [1.807, 2.05) is 72.6 Å². The lowest BCUT2D eigenvalue weighted by Gasteiger charge is -2.27. The van der Waals surface area contributed by atoms with E-state index in [1.165, 1.54) is 0 Å². The zero-order valence-corrected chi connectivity index (χ0v) is 12.1. The highest BCUT2D eigenvalue weighted by molar-refractivity contribution is 5.95. The van der Waals surface area contributed by atoms with Crippen LogP contribution in [0.2, 0.25) is 0 Å². The molecule has 2 rings (SSSR count). The maximum atomic E-state index is 12.6. The zero-order chi connectivity index (χ0) is 15.1. The molecule has 21 heavy (non-hydrogen) atoms. The normalized spacial score (nSPS) is 12.1. The second-order valence-corrected chi connectivity index (χ2v) is 4.87. The van der Waals surface area contributed by atoms with Crippen molar-refractivity contribution in [1.29, 1.82) is 0 Å². The molecule has 1 atom stereocenters. The summed E-state index contributed by atoms with van der Waals surface area (Å²) in [6.07, 6.45) is 0. The van der Waals surface area contributed by atoms with Crippen molar-refractivity contribution in [2.24, 2.45) is 0 Å². The summed E-state index contributed by atoms with van der Waals surface area (Å²) in [5.41, 5.74) is 1.67. The number of hydrogen-bond acceptors (Lipinski definition) is 3. The molecule has 0 aliphatic carbocycles. The summed E-state index contributed by atoms with van der Waals surface area (Å²) < 4.78 is 0. The van der Waals surface area contributed by atoms with Gasteiger partial charge in [0.15, 0.2) is 0 Å². The van der Waals surface area contributed by atoms with Crippen molar-refractivity contribution in [2.75, 3.05) is 25.5 Å². The Labute approximate surface area is 125 Å². The van der Waals surface area contributed by atoms with Gasteiger partial charge in [0.2, 0.25) is 5.91 Å². The predicted octanol–water partition coefficient (Wildman–Crippen LogP) is 2.29. The van der Waals surface area contributed by atoms with Crippen LogP contribution in [0, 0.1) is 0 Å². The van der Waals surface area contributed by atoms with Crippen molar-refractivity contribution in [2.45, 2.75) is 6.04 Å². The van der Waals surface area contributed by atoms with Crippen molar-refractivity contribution in [1.82, 2.24) is 4.90 Å². The average Bonchev–Trinajstić information content (AvgIpc) is 2.50. The monoisotopic (exact) mass is 284 g/mol. The first-order valence-corrected chi connectivity index (χ1v) is 6.94. The van der Waals surface area contributed by atoms with Gasteiger partial charge in [-0.2, -0.15) is 0 Å². The van der Waals surface area contributed by atoms with Crippen molar-refractivity contribution in [3.63, 3.8) is 0 Å². The average molecular weight is 284 g/mol. The van der Waals surface area contributed by atoms with E-state index < -0.39 is 6.04 Å². The molecule has 4 heteroatoms. The van der Waals surface area contributed by atoms with Crippen LogP contribution in [0.25, 0.3) is 0 Å². The van der Waals surface area contributed by atoms with Crippen molar-refractivity contribution >= 4 is 11.6 Å². The molecule has 2 N–H and O–H groups in total. The summed E-state index contributed by atoms with van der Waals surface area (Å²) in [6.45, 7) is 0.445. The Balaban J connectivity index is 2.21. The molecule has 0 aliphatic heterocycles. The van der Waals surface area contributed by atoms with Crippen LogP contribution in [0.3, 0.4) is 0 Å². The number of carbonyl (C=O) groups is 1. The van der Waals surface area contributed by atoms with Crippen LogP contribution in [-0.4, -0.2) is 36.1 Å². The molecule has 2 aromatic carbocycles. The number of anilines is 1. The molecule has 1 amide bonds. The lowest BCUT2D eigenvalue weighted by molar-refractivity contribution is -0.121. The summed E-state index contributed by atoms with van der Waals surface area (Å²) in [6, 6.07) is 18.5. The third-order valence-electron chi connectivity index (χ3n) is 3.30. The highest BCUT2D eigenvalue weighted by Crippen LogP contribution is 2.21. The molecule has 0 fully saturated rings. The highest BCUT2D eigenvalue weighted by Gasteiger charge is 2.24. The van der Waals surface area contributed by atoms with E-state index in [9.17, 15) is 4.79 Å². The highest BCUT2D eigenvalue weighted by atomic mass is 16.3. The van der Waals surface area contributed by atoms with Crippen molar-refractivity contribution in [3.8, 4) is 0 Å². The number of aliphatic hydroxyl groups is 1. The summed E-state index contributed by atoms with van der Waals surface area (Å²) in [4.78, 5) is 14.4. The molecule has 0 saturated carbocycles. The summed E-state index contributed by atoms with van der Waals surface area (Å²) in [7, 11) is 1.83. The van der Waals surface area contributed by atoms with Crippen molar-refractivity contribution < 1.29 is 9.90 Å². The molecule has 110 valence electrons. The zero-order valence-electron chi connectivity index (χ0n) is 12.1. The van der Waals surface area contributed by atoms with Crippen LogP contribution in [0.15, 0.2) is 60.7 Å². The van der Waals surface area contributed by atoms with E-state index in [0.717, 1.165) is 11.3 Å². The second kappa shape index (κ2) is 7.57. The molecular formula is C17H20N2O2. The fraction of sp³-hybridized carbons (Fsp3) is 0.235. The third kappa shape index (κ3) is 4.15. The summed E-state index contributed by atoms with van der Waals surface area (Å²) in [5, 5.41) is 12.0. The van der Waals surface area contributed by atoms with Crippen LogP contribution in [0.5, 0.6) is 0 Å². The molecule has 2 aromatic rings. The van der Waals surface area contributed by atoms with Gasteiger partial charge in [-0.05, 0) is 24.7 Å². The smallest absolute Gasteiger partial charge is 0.246 e. The Kier molecular flexibility index (Phi) is 5.49. The second-order valence-electron chi connectivity index (χ2n) is 4.87. The maximum Gasteiger partial charge on any atom is 0.246 e. The minimum Gasteiger partial charge on any atom is -0.395 e. The molecule has 0 spiro atoms. The number of aliphatic hydroxyl groups excluding tert-OH is 1. The molecule has 0 radical (unpaired) electrons. The number of para-hydroxylation sites is 1. The number of hydrogen-bond donors (Lipinski definition) is 2. The van der Waals surface area contributed by atoms with E-state index in [2.05, 4.69) is 5.32 Å². The van der Waals surface area contributed by atoms with Gasteiger partial charge in [0.25, 0.3) is 0 Å². The number of likely N-dealkylation sites (N-methyl/N-ethyl adjacent to an activating group) is 1. The molecule has 0 bridgehead atoms. The van der Waals surface area contributed by atoms with E-state index in [1.54, 1.807) is 0 Å². The van der Waals surface area contributed by atoms with Gasteiger partial charge in [-0.3, -0.25) is 9.69 Å². The lowest BCUT2D eigenvalue weighted by Crippen LogP contribution is -2.36. The van der Waals surface area contributed by atoms with E-state index in [0.29, 0.717) is 6.54 Å². The van der Waals surface area contributed by atoms with Gasteiger partial charge in [0.05, 0.1) is 6.61 Å². The fourth-order valence-corrected chi connectivity index (χ4v) is 2.26. The Bertz CT molecular complexity index is 558.